The van der Waals surface area contributed by atoms with E-state index in [0.29, 0.717) is 39.2 Å². The predicted octanol–water partition coefficient (Wildman–Crippen LogP) is 4.98. The van der Waals surface area contributed by atoms with Crippen molar-refractivity contribution in [2.45, 2.75) is 26.1 Å². The molecule has 198 valence electrons. The summed E-state index contributed by atoms with van der Waals surface area (Å²) in [4.78, 5) is 30.1. The first-order valence-electron chi connectivity index (χ1n) is 12.6. The highest BCUT2D eigenvalue weighted by Crippen LogP contribution is 2.15. The summed E-state index contributed by atoms with van der Waals surface area (Å²) in [7, 11) is 1.60. The second kappa shape index (κ2) is 13.4. The number of carbonyl (C=O) groups excluding carboxylic acids is 2. The Hall–Kier alpha value is -4.17. The molecule has 0 atom stereocenters. The van der Waals surface area contributed by atoms with Gasteiger partial charge in [0.15, 0.2) is 5.76 Å². The molecule has 0 unspecified atom stereocenters. The van der Waals surface area contributed by atoms with Crippen molar-refractivity contribution < 1.29 is 23.1 Å². The topological polar surface area (TPSA) is 67.9 Å². The van der Waals surface area contributed by atoms with Gasteiger partial charge in [0.1, 0.15) is 12.4 Å². The van der Waals surface area contributed by atoms with Crippen molar-refractivity contribution in [2.24, 2.45) is 0 Å². The summed E-state index contributed by atoms with van der Waals surface area (Å²) in [5.41, 5.74) is 2.88. The van der Waals surface area contributed by atoms with Crippen LogP contribution in [-0.4, -0.2) is 53.0 Å². The maximum Gasteiger partial charge on any atom is 0.290 e. The molecule has 0 spiro atoms. The number of benzene rings is 2. The number of rotatable bonds is 13. The largest absolute Gasteiger partial charge is 0.459 e. The van der Waals surface area contributed by atoms with E-state index in [9.17, 15) is 14.0 Å². The lowest BCUT2D eigenvalue weighted by molar-refractivity contribution is -0.133. The molecule has 7 nitrogen and oxygen atoms in total. The van der Waals surface area contributed by atoms with Gasteiger partial charge in [0.2, 0.25) is 5.91 Å². The van der Waals surface area contributed by atoms with Crippen molar-refractivity contribution in [2.75, 3.05) is 26.8 Å². The number of aromatic nitrogens is 1. The molecule has 2 amide bonds. The number of carbonyl (C=O) groups is 2. The lowest BCUT2D eigenvalue weighted by atomic mass is 10.2. The van der Waals surface area contributed by atoms with Gasteiger partial charge in [-0.1, -0.05) is 42.5 Å². The maximum atomic E-state index is 13.7. The quantitative estimate of drug-likeness (QED) is 0.235. The standard InChI is InChI=1S/C30H32FN3O4/c1-37-18-7-17-33(30(36)28-11-6-19-38-28)23-29(35)34(21-24-8-3-2-4-9-24)22-27-10-5-16-32(27)20-25-12-14-26(31)15-13-25/h2-6,8-16,19H,7,17-18,20-23H2,1H3. The normalized spacial score (nSPS) is 10.9. The molecule has 8 heteroatoms. The predicted molar refractivity (Wildman–Crippen MR) is 142 cm³/mol. The van der Waals surface area contributed by atoms with Gasteiger partial charge in [-0.3, -0.25) is 9.59 Å². The first kappa shape index (κ1) is 26.9. The van der Waals surface area contributed by atoms with Crippen molar-refractivity contribution >= 4 is 11.8 Å². The van der Waals surface area contributed by atoms with Gasteiger partial charge in [0.25, 0.3) is 5.91 Å². The van der Waals surface area contributed by atoms with Crippen LogP contribution in [0.15, 0.2) is 95.7 Å². The van der Waals surface area contributed by atoms with Crippen LogP contribution in [0.2, 0.25) is 0 Å². The molecule has 0 aliphatic rings. The molecule has 2 aromatic heterocycles. The fourth-order valence-corrected chi connectivity index (χ4v) is 4.24. The number of nitrogens with zero attached hydrogens (tertiary/aromatic N) is 3. The van der Waals surface area contributed by atoms with Gasteiger partial charge < -0.3 is 23.5 Å². The summed E-state index contributed by atoms with van der Waals surface area (Å²) in [5, 5.41) is 0. The molecular formula is C30H32FN3O4. The smallest absolute Gasteiger partial charge is 0.290 e. The number of halogens is 1. The second-order valence-electron chi connectivity index (χ2n) is 9.04. The third-order valence-corrected chi connectivity index (χ3v) is 6.23. The van der Waals surface area contributed by atoms with Gasteiger partial charge in [-0.05, 0) is 53.9 Å². The van der Waals surface area contributed by atoms with Crippen LogP contribution in [0.3, 0.4) is 0 Å². The molecule has 0 radical (unpaired) electrons. The van der Waals surface area contributed by atoms with Crippen molar-refractivity contribution in [3.05, 3.63) is 120 Å². The van der Waals surface area contributed by atoms with Crippen LogP contribution in [-0.2, 0) is 29.2 Å². The molecule has 0 bridgehead atoms. The molecule has 0 fully saturated rings. The van der Waals surface area contributed by atoms with Crippen LogP contribution in [0.25, 0.3) is 0 Å². The summed E-state index contributed by atoms with van der Waals surface area (Å²) in [6, 6.07) is 23.3. The minimum atomic E-state index is -0.334. The number of furan rings is 1. The van der Waals surface area contributed by atoms with Crippen LogP contribution in [0.1, 0.15) is 33.8 Å². The highest BCUT2D eigenvalue weighted by atomic mass is 19.1. The van der Waals surface area contributed by atoms with Gasteiger partial charge in [-0.15, -0.1) is 0 Å². The summed E-state index contributed by atoms with van der Waals surface area (Å²) < 4.78 is 25.9. The Labute approximate surface area is 222 Å². The lowest BCUT2D eigenvalue weighted by Crippen LogP contribution is -2.43. The summed E-state index contributed by atoms with van der Waals surface area (Å²) in [6.07, 6.45) is 3.98. The number of amides is 2. The number of hydrogen-bond acceptors (Lipinski definition) is 4. The van der Waals surface area contributed by atoms with E-state index in [1.165, 1.54) is 23.3 Å². The van der Waals surface area contributed by atoms with E-state index in [-0.39, 0.29) is 29.9 Å². The van der Waals surface area contributed by atoms with E-state index in [0.717, 1.165) is 16.8 Å². The fraction of sp³-hybridized carbons (Fsp3) is 0.267. The van der Waals surface area contributed by atoms with Crippen molar-refractivity contribution in [3.63, 3.8) is 0 Å². The molecule has 2 aromatic carbocycles. The average Bonchev–Trinajstić information content (AvgIpc) is 3.62. The fourth-order valence-electron chi connectivity index (χ4n) is 4.24. The van der Waals surface area contributed by atoms with E-state index in [4.69, 9.17) is 9.15 Å². The first-order chi connectivity index (χ1) is 18.5. The number of hydrogen-bond donors (Lipinski definition) is 0. The Bertz CT molecular complexity index is 1290. The van der Waals surface area contributed by atoms with Gasteiger partial charge in [0, 0.05) is 45.2 Å². The van der Waals surface area contributed by atoms with E-state index in [2.05, 4.69) is 0 Å². The van der Waals surface area contributed by atoms with E-state index in [1.807, 2.05) is 53.2 Å². The van der Waals surface area contributed by atoms with Gasteiger partial charge in [-0.25, -0.2) is 4.39 Å². The summed E-state index contributed by atoms with van der Waals surface area (Å²) in [6.45, 7) is 2.04. The zero-order valence-corrected chi connectivity index (χ0v) is 21.5. The van der Waals surface area contributed by atoms with E-state index in [1.54, 1.807) is 36.3 Å². The van der Waals surface area contributed by atoms with E-state index < -0.39 is 0 Å². The molecule has 4 aromatic rings. The molecule has 0 saturated heterocycles. The molecule has 0 aliphatic carbocycles. The monoisotopic (exact) mass is 517 g/mol. The number of ether oxygens (including phenoxy) is 1. The summed E-state index contributed by atoms with van der Waals surface area (Å²) in [5.74, 6) is -0.599. The highest BCUT2D eigenvalue weighted by Gasteiger charge is 2.24. The summed E-state index contributed by atoms with van der Waals surface area (Å²) >= 11 is 0. The Morgan fingerprint density at radius 1 is 0.895 bits per heavy atom. The van der Waals surface area contributed by atoms with Gasteiger partial charge >= 0.3 is 0 Å². The first-order valence-corrected chi connectivity index (χ1v) is 12.6. The Morgan fingerprint density at radius 3 is 2.39 bits per heavy atom. The molecule has 4 rings (SSSR count). The van der Waals surface area contributed by atoms with E-state index >= 15 is 0 Å². The Balaban J connectivity index is 1.54. The molecule has 0 aliphatic heterocycles. The zero-order valence-electron chi connectivity index (χ0n) is 21.5. The van der Waals surface area contributed by atoms with Crippen LogP contribution >= 0.6 is 0 Å². The van der Waals surface area contributed by atoms with Crippen molar-refractivity contribution in [1.82, 2.24) is 14.4 Å². The molecule has 0 saturated carbocycles. The Kier molecular flexibility index (Phi) is 9.48. The van der Waals surface area contributed by atoms with Crippen molar-refractivity contribution in [3.8, 4) is 0 Å². The second-order valence-corrected chi connectivity index (χ2v) is 9.04. The van der Waals surface area contributed by atoms with Crippen LogP contribution in [0, 0.1) is 5.82 Å². The molecule has 38 heavy (non-hydrogen) atoms. The molecule has 0 N–H and O–H groups in total. The third-order valence-electron chi connectivity index (χ3n) is 6.23. The Morgan fingerprint density at radius 2 is 1.68 bits per heavy atom. The number of methoxy groups -OCH3 is 1. The van der Waals surface area contributed by atoms with Crippen LogP contribution in [0.4, 0.5) is 4.39 Å². The average molecular weight is 518 g/mol. The van der Waals surface area contributed by atoms with Crippen molar-refractivity contribution in [1.29, 1.82) is 0 Å². The lowest BCUT2D eigenvalue weighted by Gasteiger charge is -2.28. The third kappa shape index (κ3) is 7.43. The minimum Gasteiger partial charge on any atom is -0.459 e. The minimum absolute atomic E-state index is 0.0885. The molecular weight excluding hydrogens is 485 g/mol. The molecule has 2 heterocycles. The maximum absolute atomic E-state index is 13.7. The zero-order chi connectivity index (χ0) is 26.7. The van der Waals surface area contributed by atoms with Crippen LogP contribution < -0.4 is 0 Å². The van der Waals surface area contributed by atoms with Gasteiger partial charge in [0.05, 0.1) is 12.8 Å². The van der Waals surface area contributed by atoms with Crippen LogP contribution in [0.5, 0.6) is 0 Å². The highest BCUT2D eigenvalue weighted by molar-refractivity contribution is 5.94. The van der Waals surface area contributed by atoms with Gasteiger partial charge in [-0.2, -0.15) is 0 Å². The SMILES string of the molecule is COCCCN(CC(=O)N(Cc1ccccc1)Cc1cccn1Cc1ccc(F)cc1)C(=O)c1ccco1.